The molecule has 3 N–H and O–H groups in total. The third-order valence-electron chi connectivity index (χ3n) is 5.37. The van der Waals surface area contributed by atoms with Crippen LogP contribution in [0.1, 0.15) is 34.5 Å². The van der Waals surface area contributed by atoms with Gasteiger partial charge in [0.05, 0.1) is 0 Å². The number of hydrogen-bond acceptors (Lipinski definition) is 4. The van der Waals surface area contributed by atoms with Gasteiger partial charge >= 0.3 is 5.69 Å². The third kappa shape index (κ3) is 2.80. The monoisotopic (exact) mass is 340 g/mol. The summed E-state index contributed by atoms with van der Waals surface area (Å²) in [6.45, 7) is 3.00. The Morgan fingerprint density at radius 3 is 2.60 bits per heavy atom. The summed E-state index contributed by atoms with van der Waals surface area (Å²) >= 11 is 0. The number of aromatic nitrogens is 2. The van der Waals surface area contributed by atoms with Crippen LogP contribution in [0.15, 0.2) is 39.9 Å². The molecule has 25 heavy (non-hydrogen) atoms. The zero-order valence-electron chi connectivity index (χ0n) is 13.8. The van der Waals surface area contributed by atoms with Crippen LogP contribution in [-0.4, -0.2) is 40.4 Å². The highest BCUT2D eigenvalue weighted by Crippen LogP contribution is 2.39. The zero-order valence-corrected chi connectivity index (χ0v) is 13.8. The van der Waals surface area contributed by atoms with Crippen molar-refractivity contribution in [1.82, 2.24) is 20.2 Å². The van der Waals surface area contributed by atoms with Gasteiger partial charge in [-0.1, -0.05) is 24.3 Å². The average Bonchev–Trinajstić information content (AvgIpc) is 2.61. The third-order valence-corrected chi connectivity index (χ3v) is 5.37. The standard InChI is InChI=1S/C18H20N4O3/c23-15-9-14(20-17(25)21-15)16(24)22-7-5-18(6-8-22)11-19-10-12-3-1-2-4-13(12)18/h1-4,9,19H,5-8,10-11H2,(H2,20,21,23,25). The number of likely N-dealkylation sites (tertiary alicyclic amines) is 1. The maximum absolute atomic E-state index is 12.6. The van der Waals surface area contributed by atoms with E-state index in [-0.39, 0.29) is 17.0 Å². The Hall–Kier alpha value is -2.67. The minimum Gasteiger partial charge on any atom is -0.337 e. The van der Waals surface area contributed by atoms with Gasteiger partial charge in [-0.2, -0.15) is 0 Å². The predicted octanol–water partition coefficient (Wildman–Crippen LogP) is 0.340. The average molecular weight is 340 g/mol. The van der Waals surface area contributed by atoms with Crippen LogP contribution in [0.2, 0.25) is 0 Å². The Morgan fingerprint density at radius 2 is 1.84 bits per heavy atom. The minimum absolute atomic E-state index is 0.0480. The molecular formula is C18H20N4O3. The molecule has 1 aromatic heterocycles. The first kappa shape index (κ1) is 15.8. The van der Waals surface area contributed by atoms with Crippen molar-refractivity contribution in [2.45, 2.75) is 24.8 Å². The topological polar surface area (TPSA) is 98.1 Å². The Morgan fingerprint density at radius 1 is 1.08 bits per heavy atom. The number of aromatic amines is 2. The molecule has 0 radical (unpaired) electrons. The summed E-state index contributed by atoms with van der Waals surface area (Å²) in [5, 5.41) is 3.50. The van der Waals surface area contributed by atoms with Crippen LogP contribution in [-0.2, 0) is 12.0 Å². The number of nitrogens with one attached hydrogen (secondary N) is 3. The zero-order chi connectivity index (χ0) is 17.4. The molecule has 0 saturated carbocycles. The first-order valence-corrected chi connectivity index (χ1v) is 8.49. The van der Waals surface area contributed by atoms with E-state index in [0.29, 0.717) is 13.1 Å². The molecule has 130 valence electrons. The van der Waals surface area contributed by atoms with Crippen LogP contribution in [0.3, 0.4) is 0 Å². The van der Waals surface area contributed by atoms with Crippen molar-refractivity contribution >= 4 is 5.91 Å². The largest absolute Gasteiger partial charge is 0.337 e. The summed E-state index contributed by atoms with van der Waals surface area (Å²) in [6.07, 6.45) is 1.71. The fourth-order valence-corrected chi connectivity index (χ4v) is 4.06. The van der Waals surface area contributed by atoms with Gasteiger partial charge in [0.15, 0.2) is 0 Å². The molecule has 0 bridgehead atoms. The highest BCUT2D eigenvalue weighted by atomic mass is 16.2. The number of carbonyl (C=O) groups is 1. The van der Waals surface area contributed by atoms with Crippen molar-refractivity contribution in [2.24, 2.45) is 0 Å². The summed E-state index contributed by atoms with van der Waals surface area (Å²) in [6, 6.07) is 9.63. The van der Waals surface area contributed by atoms with Crippen molar-refractivity contribution in [2.75, 3.05) is 19.6 Å². The lowest BCUT2D eigenvalue weighted by Gasteiger charge is -2.45. The summed E-state index contributed by atoms with van der Waals surface area (Å²) < 4.78 is 0. The van der Waals surface area contributed by atoms with Gasteiger partial charge < -0.3 is 15.2 Å². The summed E-state index contributed by atoms with van der Waals surface area (Å²) in [4.78, 5) is 41.6. The number of fused-ring (bicyclic) bond motifs is 2. The highest BCUT2D eigenvalue weighted by molar-refractivity contribution is 5.92. The second kappa shape index (κ2) is 6.00. The van der Waals surface area contributed by atoms with E-state index in [1.54, 1.807) is 4.90 Å². The molecule has 0 aliphatic carbocycles. The smallest absolute Gasteiger partial charge is 0.326 e. The van der Waals surface area contributed by atoms with Crippen molar-refractivity contribution < 1.29 is 4.79 Å². The highest BCUT2D eigenvalue weighted by Gasteiger charge is 2.40. The van der Waals surface area contributed by atoms with E-state index in [1.807, 2.05) is 0 Å². The molecule has 1 fully saturated rings. The van der Waals surface area contributed by atoms with Gasteiger partial charge in [-0.15, -0.1) is 0 Å². The van der Waals surface area contributed by atoms with Crippen LogP contribution in [0.25, 0.3) is 0 Å². The molecule has 1 amide bonds. The fourth-order valence-electron chi connectivity index (χ4n) is 4.06. The van der Waals surface area contributed by atoms with Crippen LogP contribution in [0.4, 0.5) is 0 Å². The molecule has 3 heterocycles. The second-order valence-electron chi connectivity index (χ2n) is 6.83. The van der Waals surface area contributed by atoms with Gasteiger partial charge in [0.2, 0.25) is 0 Å². The molecule has 4 rings (SSSR count). The van der Waals surface area contributed by atoms with Crippen LogP contribution >= 0.6 is 0 Å². The Bertz CT molecular complexity index is 894. The minimum atomic E-state index is -0.658. The van der Waals surface area contributed by atoms with Crippen LogP contribution < -0.4 is 16.6 Å². The van der Waals surface area contributed by atoms with Gasteiger partial charge in [0, 0.05) is 37.7 Å². The number of amides is 1. The molecule has 0 unspecified atom stereocenters. The maximum atomic E-state index is 12.6. The van der Waals surface area contributed by atoms with Gasteiger partial charge in [-0.25, -0.2) is 4.79 Å². The quantitative estimate of drug-likeness (QED) is 0.697. The van der Waals surface area contributed by atoms with Crippen molar-refractivity contribution in [3.05, 3.63) is 68.0 Å². The number of rotatable bonds is 1. The number of nitrogens with zero attached hydrogens (tertiary/aromatic N) is 1. The second-order valence-corrected chi connectivity index (χ2v) is 6.83. The first-order chi connectivity index (χ1) is 12.1. The van der Waals surface area contributed by atoms with E-state index in [4.69, 9.17) is 0 Å². The van der Waals surface area contributed by atoms with Gasteiger partial charge in [0.1, 0.15) is 5.69 Å². The lowest BCUT2D eigenvalue weighted by molar-refractivity contribution is 0.0652. The lowest BCUT2D eigenvalue weighted by Crippen LogP contribution is -2.52. The molecule has 2 aromatic rings. The molecule has 2 aliphatic heterocycles. The molecule has 1 saturated heterocycles. The first-order valence-electron chi connectivity index (χ1n) is 8.49. The molecule has 7 heteroatoms. The number of piperidine rings is 1. The molecule has 2 aliphatic rings. The summed E-state index contributed by atoms with van der Waals surface area (Å²) in [5.41, 5.74) is 1.58. The van der Waals surface area contributed by atoms with Gasteiger partial charge in [-0.3, -0.25) is 14.6 Å². The number of benzene rings is 1. The van der Waals surface area contributed by atoms with Crippen LogP contribution in [0, 0.1) is 0 Å². The summed E-state index contributed by atoms with van der Waals surface area (Å²) in [5.74, 6) is -0.296. The maximum Gasteiger partial charge on any atom is 0.326 e. The number of H-pyrrole nitrogens is 2. The van der Waals surface area contributed by atoms with E-state index in [1.165, 1.54) is 11.1 Å². The van der Waals surface area contributed by atoms with Crippen molar-refractivity contribution in [1.29, 1.82) is 0 Å². The van der Waals surface area contributed by atoms with Crippen molar-refractivity contribution in [3.8, 4) is 0 Å². The number of hydrogen-bond donors (Lipinski definition) is 3. The molecular weight excluding hydrogens is 320 g/mol. The van der Waals surface area contributed by atoms with Gasteiger partial charge in [-0.05, 0) is 24.0 Å². The molecule has 1 aromatic carbocycles. The van der Waals surface area contributed by atoms with Crippen LogP contribution in [0.5, 0.6) is 0 Å². The lowest BCUT2D eigenvalue weighted by atomic mass is 9.69. The Kier molecular flexibility index (Phi) is 3.80. The fraction of sp³-hybridized carbons (Fsp3) is 0.389. The van der Waals surface area contributed by atoms with Crippen molar-refractivity contribution in [3.63, 3.8) is 0 Å². The van der Waals surface area contributed by atoms with E-state index < -0.39 is 11.2 Å². The molecule has 7 nitrogen and oxygen atoms in total. The Labute approximate surface area is 144 Å². The normalized spacial score (nSPS) is 18.8. The predicted molar refractivity (Wildman–Crippen MR) is 92.6 cm³/mol. The number of carbonyl (C=O) groups excluding carboxylic acids is 1. The molecule has 1 spiro atoms. The van der Waals surface area contributed by atoms with E-state index in [9.17, 15) is 14.4 Å². The summed E-state index contributed by atoms with van der Waals surface area (Å²) in [7, 11) is 0. The Balaban J connectivity index is 1.55. The van der Waals surface area contributed by atoms with E-state index >= 15 is 0 Å². The SMILES string of the molecule is O=C(c1cc(=O)[nH]c(=O)[nH]1)N1CCC2(CC1)CNCc1ccccc12. The van der Waals surface area contributed by atoms with E-state index in [0.717, 1.165) is 32.0 Å². The van der Waals surface area contributed by atoms with Gasteiger partial charge in [0.25, 0.3) is 11.5 Å². The molecule has 0 atom stereocenters. The van der Waals surface area contributed by atoms with E-state index in [2.05, 4.69) is 39.6 Å².